The van der Waals surface area contributed by atoms with Gasteiger partial charge in [-0.3, -0.25) is 37.3 Å². The monoisotopic (exact) mass is 1460 g/mol. The van der Waals surface area contributed by atoms with Crippen molar-refractivity contribution >= 4 is 39.5 Å². The lowest BCUT2D eigenvalue weighted by Crippen LogP contribution is -2.30. The quantitative estimate of drug-likeness (QED) is 0.0169. The van der Waals surface area contributed by atoms with Crippen LogP contribution >= 0.6 is 15.6 Å². The fourth-order valence-electron chi connectivity index (χ4n) is 11.7. The molecule has 0 aromatic carbocycles. The zero-order valence-electron chi connectivity index (χ0n) is 64.4. The third-order valence-corrected chi connectivity index (χ3v) is 20.0. The lowest BCUT2D eigenvalue weighted by atomic mass is 10.0. The van der Waals surface area contributed by atoms with E-state index in [1.54, 1.807) is 0 Å². The smallest absolute Gasteiger partial charge is 0.462 e. The Balaban J connectivity index is 5.32. The lowest BCUT2D eigenvalue weighted by Gasteiger charge is -2.21. The Morgan fingerprint density at radius 2 is 0.460 bits per heavy atom. The molecule has 0 aliphatic carbocycles. The first-order valence-electron chi connectivity index (χ1n) is 41.2. The van der Waals surface area contributed by atoms with Gasteiger partial charge in [0.1, 0.15) is 19.3 Å². The summed E-state index contributed by atoms with van der Waals surface area (Å²) in [5.41, 5.74) is 0. The van der Waals surface area contributed by atoms with E-state index in [1.165, 1.54) is 180 Å². The van der Waals surface area contributed by atoms with Crippen LogP contribution in [0.15, 0.2) is 36.5 Å². The highest BCUT2D eigenvalue weighted by molar-refractivity contribution is 7.47. The van der Waals surface area contributed by atoms with Crippen LogP contribution in [0.5, 0.6) is 0 Å². The number of ether oxygens (including phenoxy) is 4. The van der Waals surface area contributed by atoms with E-state index in [0.717, 1.165) is 141 Å². The summed E-state index contributed by atoms with van der Waals surface area (Å²) in [7, 11) is -9.94. The van der Waals surface area contributed by atoms with Crippen LogP contribution in [0.1, 0.15) is 400 Å². The fraction of sp³-hybridized carbons (Fsp3) is 0.877. The molecular formula is C81H152O17P2. The van der Waals surface area contributed by atoms with Gasteiger partial charge in [0.25, 0.3) is 0 Å². The molecule has 19 heteroatoms. The van der Waals surface area contributed by atoms with E-state index >= 15 is 0 Å². The molecule has 0 spiro atoms. The summed E-state index contributed by atoms with van der Waals surface area (Å²) in [4.78, 5) is 73.0. The van der Waals surface area contributed by atoms with Crippen LogP contribution in [0.3, 0.4) is 0 Å². The van der Waals surface area contributed by atoms with Gasteiger partial charge < -0.3 is 33.8 Å². The van der Waals surface area contributed by atoms with Crippen molar-refractivity contribution in [2.45, 2.75) is 418 Å². The standard InChI is InChI=1S/C81H152O17P2/c1-5-9-13-17-21-25-29-33-37-41-45-49-53-57-61-65-78(83)91-71-76(97-80(85)67-63-59-55-51-47-43-39-35-31-27-23-19-15-11-7-3)73-95-99(87,88)93-69-75(82)70-94-100(89,90)96-74-77(98-81(86)68-64-60-56-52-48-44-40-36-32-28-24-20-16-12-8-4)72-92-79(84)66-62-58-54-50-46-42-38-34-30-26-22-18-14-10-6-2/h33-35,37-39,75-77,82H,5-32,36,40-74H2,1-4H3,(H,87,88)(H,89,90)/b37-33-,38-34-,39-35-/t75-,76+,77+/m0/s1. The Bertz CT molecular complexity index is 2040. The minimum atomic E-state index is -4.97. The van der Waals surface area contributed by atoms with Gasteiger partial charge in [0, 0.05) is 25.7 Å². The highest BCUT2D eigenvalue weighted by atomic mass is 31.2. The number of aliphatic hydroxyl groups excluding tert-OH is 1. The van der Waals surface area contributed by atoms with Gasteiger partial charge in [0.05, 0.1) is 26.4 Å². The summed E-state index contributed by atoms with van der Waals surface area (Å²) < 4.78 is 68.7. The minimum Gasteiger partial charge on any atom is -0.462 e. The summed E-state index contributed by atoms with van der Waals surface area (Å²) in [6.07, 6.45) is 71.1. The second-order valence-corrected chi connectivity index (χ2v) is 31.0. The summed E-state index contributed by atoms with van der Waals surface area (Å²) in [6, 6.07) is 0. The van der Waals surface area contributed by atoms with Crippen molar-refractivity contribution in [3.63, 3.8) is 0 Å². The molecule has 5 atom stereocenters. The number of rotatable bonds is 79. The van der Waals surface area contributed by atoms with Crippen LogP contribution in [-0.4, -0.2) is 96.7 Å². The van der Waals surface area contributed by atoms with Gasteiger partial charge in [-0.1, -0.05) is 308 Å². The zero-order chi connectivity index (χ0) is 73.2. The average molecular weight is 1460 g/mol. The number of aliphatic hydroxyl groups is 1. The number of esters is 4. The first-order chi connectivity index (χ1) is 48.7. The Kier molecular flexibility index (Phi) is 72.5. The van der Waals surface area contributed by atoms with Crippen LogP contribution in [0, 0.1) is 0 Å². The van der Waals surface area contributed by atoms with Gasteiger partial charge in [-0.2, -0.15) is 0 Å². The first kappa shape index (κ1) is 97.3. The molecule has 3 N–H and O–H groups in total. The van der Waals surface area contributed by atoms with Crippen molar-refractivity contribution in [1.29, 1.82) is 0 Å². The Morgan fingerprint density at radius 3 is 0.690 bits per heavy atom. The molecule has 588 valence electrons. The third-order valence-electron chi connectivity index (χ3n) is 18.1. The summed E-state index contributed by atoms with van der Waals surface area (Å²) in [6.45, 7) is 4.94. The highest BCUT2D eigenvalue weighted by Gasteiger charge is 2.30. The zero-order valence-corrected chi connectivity index (χ0v) is 66.2. The Labute approximate surface area is 611 Å². The van der Waals surface area contributed by atoms with E-state index in [-0.39, 0.29) is 25.7 Å². The van der Waals surface area contributed by atoms with E-state index in [1.807, 2.05) is 0 Å². The van der Waals surface area contributed by atoms with E-state index in [9.17, 15) is 43.2 Å². The van der Waals surface area contributed by atoms with Crippen molar-refractivity contribution in [3.8, 4) is 0 Å². The van der Waals surface area contributed by atoms with Crippen molar-refractivity contribution in [2.24, 2.45) is 0 Å². The molecule has 0 aromatic rings. The predicted molar refractivity (Wildman–Crippen MR) is 409 cm³/mol. The molecule has 100 heavy (non-hydrogen) atoms. The van der Waals surface area contributed by atoms with Crippen LogP contribution in [0.2, 0.25) is 0 Å². The maximum atomic E-state index is 13.1. The van der Waals surface area contributed by atoms with Crippen molar-refractivity contribution in [1.82, 2.24) is 0 Å². The second-order valence-electron chi connectivity index (χ2n) is 28.1. The van der Waals surface area contributed by atoms with Crippen LogP contribution in [0.25, 0.3) is 0 Å². The maximum absolute atomic E-state index is 13.1. The number of carbonyl (C=O) groups is 4. The molecular weight excluding hydrogens is 1310 g/mol. The fourth-order valence-corrected chi connectivity index (χ4v) is 13.3. The molecule has 17 nitrogen and oxygen atoms in total. The Morgan fingerprint density at radius 1 is 0.270 bits per heavy atom. The lowest BCUT2D eigenvalue weighted by molar-refractivity contribution is -0.161. The van der Waals surface area contributed by atoms with Crippen LogP contribution in [0.4, 0.5) is 0 Å². The van der Waals surface area contributed by atoms with Crippen LogP contribution < -0.4 is 0 Å². The number of carbonyl (C=O) groups excluding carboxylic acids is 4. The number of hydrogen-bond donors (Lipinski definition) is 3. The molecule has 0 heterocycles. The minimum absolute atomic E-state index is 0.0898. The van der Waals surface area contributed by atoms with E-state index < -0.39 is 97.5 Å². The maximum Gasteiger partial charge on any atom is 0.472 e. The topological polar surface area (TPSA) is 237 Å². The molecule has 0 aliphatic rings. The average Bonchev–Trinajstić information content (AvgIpc) is 1.01. The normalized spacial score (nSPS) is 14.0. The van der Waals surface area contributed by atoms with Gasteiger partial charge >= 0.3 is 39.5 Å². The predicted octanol–water partition coefficient (Wildman–Crippen LogP) is 23.9. The van der Waals surface area contributed by atoms with Crippen LogP contribution in [-0.2, 0) is 65.4 Å². The van der Waals surface area contributed by atoms with Crippen molar-refractivity contribution < 1.29 is 80.2 Å². The third kappa shape index (κ3) is 73.6. The summed E-state index contributed by atoms with van der Waals surface area (Å²) in [5, 5.41) is 10.6. The number of phosphoric ester groups is 2. The number of hydrogen-bond acceptors (Lipinski definition) is 15. The second kappa shape index (κ2) is 74.5. The number of allylic oxidation sites excluding steroid dienone is 6. The first-order valence-corrected chi connectivity index (χ1v) is 44.2. The molecule has 0 aliphatic heterocycles. The largest absolute Gasteiger partial charge is 0.472 e. The SMILES string of the molecule is CCCCCCCC/C=C\CCCCCCCC(=O)OC[C@H](COP(=O)(O)OC[C@H](O)COP(=O)(O)OC[C@@H](COC(=O)CCCCCCC/C=C\CCCCCCCC)OC(=O)CCCCCCCCCCCCCCCCC)OC(=O)CCCCCCC/C=C\CCCCCCCC. The van der Waals surface area contributed by atoms with Gasteiger partial charge in [-0.05, 0) is 103 Å². The van der Waals surface area contributed by atoms with Crippen molar-refractivity contribution in [3.05, 3.63) is 36.5 Å². The van der Waals surface area contributed by atoms with Gasteiger partial charge in [0.15, 0.2) is 12.2 Å². The molecule has 0 rings (SSSR count). The molecule has 0 amide bonds. The van der Waals surface area contributed by atoms with Crippen molar-refractivity contribution in [2.75, 3.05) is 39.6 Å². The van der Waals surface area contributed by atoms with Gasteiger partial charge in [-0.25, -0.2) is 9.13 Å². The molecule has 0 saturated heterocycles. The Hall–Kier alpha value is -2.72. The van der Waals surface area contributed by atoms with E-state index in [4.69, 9.17) is 37.0 Å². The number of phosphoric acid groups is 2. The van der Waals surface area contributed by atoms with E-state index in [2.05, 4.69) is 64.2 Å². The van der Waals surface area contributed by atoms with Gasteiger partial charge in [0.2, 0.25) is 0 Å². The number of unbranched alkanes of at least 4 members (excludes halogenated alkanes) is 47. The summed E-state index contributed by atoms with van der Waals surface area (Å²) in [5.74, 6) is -2.16. The molecule has 2 unspecified atom stereocenters. The molecule has 0 bridgehead atoms. The molecule has 0 saturated carbocycles. The van der Waals surface area contributed by atoms with Gasteiger partial charge in [-0.15, -0.1) is 0 Å². The van der Waals surface area contributed by atoms with E-state index in [0.29, 0.717) is 25.7 Å². The molecule has 0 radical (unpaired) electrons. The summed E-state index contributed by atoms with van der Waals surface area (Å²) >= 11 is 0. The highest BCUT2D eigenvalue weighted by Crippen LogP contribution is 2.45. The molecule has 0 fully saturated rings. The molecule has 0 aromatic heterocycles.